The maximum atomic E-state index is 13.1. The molecule has 1 heterocycles. The molecule has 0 atom stereocenters. The summed E-state index contributed by atoms with van der Waals surface area (Å²) in [6.45, 7) is 5.33. The predicted molar refractivity (Wildman–Crippen MR) is 104 cm³/mol. The van der Waals surface area contributed by atoms with E-state index in [-0.39, 0.29) is 11.7 Å². The van der Waals surface area contributed by atoms with E-state index in [1.165, 1.54) is 23.3 Å². The molecule has 0 aliphatic carbocycles. The van der Waals surface area contributed by atoms with Gasteiger partial charge in [0.1, 0.15) is 5.82 Å². The smallest absolute Gasteiger partial charge is 0.222 e. The van der Waals surface area contributed by atoms with Crippen molar-refractivity contribution >= 4 is 11.6 Å². The SMILES string of the molecule is Cc1ccc(CCCC(=O)N2CCCN(c3ccc(F)cc3)CC2)cc1. The summed E-state index contributed by atoms with van der Waals surface area (Å²) >= 11 is 0. The Morgan fingerprint density at radius 1 is 0.962 bits per heavy atom. The molecule has 4 heteroatoms. The number of hydrogen-bond acceptors (Lipinski definition) is 2. The first kappa shape index (κ1) is 18.4. The number of benzene rings is 2. The second-order valence-electron chi connectivity index (χ2n) is 7.04. The van der Waals surface area contributed by atoms with Crippen LogP contribution in [0.3, 0.4) is 0 Å². The Labute approximate surface area is 155 Å². The van der Waals surface area contributed by atoms with E-state index >= 15 is 0 Å². The van der Waals surface area contributed by atoms with E-state index in [0.717, 1.165) is 51.1 Å². The molecule has 0 N–H and O–H groups in total. The van der Waals surface area contributed by atoms with Crippen LogP contribution in [0.25, 0.3) is 0 Å². The van der Waals surface area contributed by atoms with Crippen LogP contribution in [0, 0.1) is 12.7 Å². The molecule has 3 nitrogen and oxygen atoms in total. The van der Waals surface area contributed by atoms with E-state index in [1.807, 2.05) is 17.0 Å². The zero-order chi connectivity index (χ0) is 18.4. The topological polar surface area (TPSA) is 23.6 Å². The third-order valence-corrected chi connectivity index (χ3v) is 5.02. The molecule has 26 heavy (non-hydrogen) atoms. The number of amides is 1. The Morgan fingerprint density at radius 3 is 2.42 bits per heavy atom. The van der Waals surface area contributed by atoms with Crippen LogP contribution in [0.2, 0.25) is 0 Å². The van der Waals surface area contributed by atoms with Crippen LogP contribution in [0.15, 0.2) is 48.5 Å². The summed E-state index contributed by atoms with van der Waals surface area (Å²) < 4.78 is 13.1. The van der Waals surface area contributed by atoms with E-state index in [0.29, 0.717) is 6.42 Å². The Hall–Kier alpha value is -2.36. The highest BCUT2D eigenvalue weighted by atomic mass is 19.1. The lowest BCUT2D eigenvalue weighted by Gasteiger charge is -2.23. The van der Waals surface area contributed by atoms with Crippen molar-refractivity contribution in [3.05, 3.63) is 65.5 Å². The summed E-state index contributed by atoms with van der Waals surface area (Å²) in [5.74, 6) is 0.0343. The highest BCUT2D eigenvalue weighted by Crippen LogP contribution is 2.17. The molecule has 2 aromatic carbocycles. The van der Waals surface area contributed by atoms with E-state index in [1.54, 1.807) is 0 Å². The van der Waals surface area contributed by atoms with Crippen LogP contribution < -0.4 is 4.90 Å². The van der Waals surface area contributed by atoms with Crippen molar-refractivity contribution in [3.8, 4) is 0 Å². The first-order valence-corrected chi connectivity index (χ1v) is 9.46. The molecular weight excluding hydrogens is 327 g/mol. The van der Waals surface area contributed by atoms with Crippen LogP contribution in [0.5, 0.6) is 0 Å². The molecule has 1 aliphatic rings. The number of aryl methyl sites for hydroxylation is 2. The maximum Gasteiger partial charge on any atom is 0.222 e. The van der Waals surface area contributed by atoms with Crippen LogP contribution in [0.1, 0.15) is 30.4 Å². The third kappa shape index (κ3) is 5.07. The lowest BCUT2D eigenvalue weighted by molar-refractivity contribution is -0.131. The fraction of sp³-hybridized carbons (Fsp3) is 0.409. The molecule has 0 saturated carbocycles. The van der Waals surface area contributed by atoms with Gasteiger partial charge < -0.3 is 9.80 Å². The normalized spacial score (nSPS) is 15.0. The van der Waals surface area contributed by atoms with Gasteiger partial charge in [0.2, 0.25) is 5.91 Å². The lowest BCUT2D eigenvalue weighted by atomic mass is 10.1. The summed E-state index contributed by atoms with van der Waals surface area (Å²) in [6, 6.07) is 15.1. The van der Waals surface area contributed by atoms with Gasteiger partial charge in [0.05, 0.1) is 0 Å². The van der Waals surface area contributed by atoms with Gasteiger partial charge in [-0.2, -0.15) is 0 Å². The van der Waals surface area contributed by atoms with Gasteiger partial charge in [-0.25, -0.2) is 4.39 Å². The van der Waals surface area contributed by atoms with Crippen molar-refractivity contribution in [3.63, 3.8) is 0 Å². The molecule has 3 rings (SSSR count). The second-order valence-corrected chi connectivity index (χ2v) is 7.04. The average molecular weight is 354 g/mol. The molecular formula is C22H27FN2O. The lowest BCUT2D eigenvalue weighted by Crippen LogP contribution is -2.35. The minimum atomic E-state index is -0.214. The third-order valence-electron chi connectivity index (χ3n) is 5.02. The predicted octanol–water partition coefficient (Wildman–Crippen LogP) is 4.20. The van der Waals surface area contributed by atoms with Gasteiger partial charge >= 0.3 is 0 Å². The van der Waals surface area contributed by atoms with Gasteiger partial charge in [-0.05, 0) is 56.0 Å². The van der Waals surface area contributed by atoms with E-state index < -0.39 is 0 Å². The Balaban J connectivity index is 1.46. The van der Waals surface area contributed by atoms with Crippen molar-refractivity contribution in [2.45, 2.75) is 32.6 Å². The molecule has 138 valence electrons. The molecule has 1 aliphatic heterocycles. The van der Waals surface area contributed by atoms with Gasteiger partial charge in [-0.15, -0.1) is 0 Å². The fourth-order valence-electron chi connectivity index (χ4n) is 3.43. The number of halogens is 1. The number of hydrogen-bond donors (Lipinski definition) is 0. The van der Waals surface area contributed by atoms with Crippen LogP contribution >= 0.6 is 0 Å². The monoisotopic (exact) mass is 354 g/mol. The summed E-state index contributed by atoms with van der Waals surface area (Å²) in [6.07, 6.45) is 3.38. The molecule has 0 radical (unpaired) electrons. The minimum absolute atomic E-state index is 0.214. The molecule has 0 bridgehead atoms. The Kier molecular flexibility index (Phi) is 6.26. The molecule has 2 aromatic rings. The van der Waals surface area contributed by atoms with E-state index in [9.17, 15) is 9.18 Å². The largest absolute Gasteiger partial charge is 0.370 e. The van der Waals surface area contributed by atoms with Crippen LogP contribution in [-0.4, -0.2) is 37.0 Å². The summed E-state index contributed by atoms with van der Waals surface area (Å²) in [5.41, 5.74) is 3.59. The Bertz CT molecular complexity index is 712. The molecule has 0 spiro atoms. The molecule has 1 amide bonds. The van der Waals surface area contributed by atoms with Gasteiger partial charge in [-0.3, -0.25) is 4.79 Å². The van der Waals surface area contributed by atoms with Gasteiger partial charge in [-0.1, -0.05) is 29.8 Å². The van der Waals surface area contributed by atoms with Crippen LogP contribution in [0.4, 0.5) is 10.1 Å². The second kappa shape index (κ2) is 8.84. The zero-order valence-electron chi connectivity index (χ0n) is 15.5. The maximum absolute atomic E-state index is 13.1. The number of carbonyl (C=O) groups is 1. The molecule has 1 saturated heterocycles. The molecule has 0 unspecified atom stereocenters. The highest BCUT2D eigenvalue weighted by molar-refractivity contribution is 5.76. The standard InChI is InChI=1S/C22H27FN2O/c1-18-6-8-19(9-7-18)4-2-5-22(26)25-15-3-14-24(16-17-25)21-12-10-20(23)11-13-21/h6-13H,2-5,14-17H2,1H3. The summed E-state index contributed by atoms with van der Waals surface area (Å²) in [7, 11) is 0. The van der Waals surface area contributed by atoms with Crippen molar-refractivity contribution in [2.75, 3.05) is 31.1 Å². The van der Waals surface area contributed by atoms with E-state index in [4.69, 9.17) is 0 Å². The molecule has 1 fully saturated rings. The van der Waals surface area contributed by atoms with Crippen molar-refractivity contribution < 1.29 is 9.18 Å². The van der Waals surface area contributed by atoms with Gasteiger partial charge in [0.25, 0.3) is 0 Å². The number of rotatable bonds is 5. The zero-order valence-corrected chi connectivity index (χ0v) is 15.5. The summed E-state index contributed by atoms with van der Waals surface area (Å²) in [5, 5.41) is 0. The quantitative estimate of drug-likeness (QED) is 0.804. The van der Waals surface area contributed by atoms with Crippen molar-refractivity contribution in [1.82, 2.24) is 4.90 Å². The van der Waals surface area contributed by atoms with Gasteiger partial charge in [0.15, 0.2) is 0 Å². The molecule has 0 aromatic heterocycles. The number of carbonyl (C=O) groups excluding carboxylic acids is 1. The average Bonchev–Trinajstić information content (AvgIpc) is 2.90. The first-order chi connectivity index (χ1) is 12.6. The fourth-order valence-corrected chi connectivity index (χ4v) is 3.43. The van der Waals surface area contributed by atoms with Crippen molar-refractivity contribution in [2.24, 2.45) is 0 Å². The minimum Gasteiger partial charge on any atom is -0.370 e. The van der Waals surface area contributed by atoms with E-state index in [2.05, 4.69) is 36.1 Å². The summed E-state index contributed by atoms with van der Waals surface area (Å²) in [4.78, 5) is 16.8. The Morgan fingerprint density at radius 2 is 1.69 bits per heavy atom. The number of nitrogens with zero attached hydrogens (tertiary/aromatic N) is 2. The van der Waals surface area contributed by atoms with Crippen molar-refractivity contribution in [1.29, 1.82) is 0 Å². The van der Waals surface area contributed by atoms with Crippen LogP contribution in [-0.2, 0) is 11.2 Å². The van der Waals surface area contributed by atoms with Gasteiger partial charge in [0, 0.05) is 38.3 Å². The highest BCUT2D eigenvalue weighted by Gasteiger charge is 2.19. The number of anilines is 1. The first-order valence-electron chi connectivity index (χ1n) is 9.46.